The van der Waals surface area contributed by atoms with Gasteiger partial charge in [-0.2, -0.15) is 0 Å². The summed E-state index contributed by atoms with van der Waals surface area (Å²) in [6.45, 7) is 4.15. The van der Waals surface area contributed by atoms with Crippen molar-refractivity contribution in [3.63, 3.8) is 0 Å². The highest BCUT2D eigenvalue weighted by Crippen LogP contribution is 2.31. The molecule has 0 aliphatic heterocycles. The van der Waals surface area contributed by atoms with E-state index in [0.29, 0.717) is 16.7 Å². The second-order valence-corrected chi connectivity index (χ2v) is 4.47. The van der Waals surface area contributed by atoms with Gasteiger partial charge in [-0.25, -0.2) is 0 Å². The largest absolute Gasteiger partial charge is 0.496 e. The molecular weight excluding hydrogens is 212 g/mol. The molecule has 0 aliphatic rings. The van der Waals surface area contributed by atoms with Gasteiger partial charge in [-0.1, -0.05) is 31.5 Å². The van der Waals surface area contributed by atoms with E-state index in [9.17, 15) is 5.11 Å². The van der Waals surface area contributed by atoms with E-state index < -0.39 is 6.10 Å². The van der Waals surface area contributed by atoms with Gasteiger partial charge in [0.05, 0.1) is 13.2 Å². The van der Waals surface area contributed by atoms with Gasteiger partial charge in [0.2, 0.25) is 0 Å². The average Bonchev–Trinajstić information content (AvgIpc) is 2.16. The van der Waals surface area contributed by atoms with Crippen molar-refractivity contribution in [2.24, 2.45) is 5.92 Å². The first-order chi connectivity index (χ1) is 7.04. The minimum absolute atomic E-state index is 0.445. The van der Waals surface area contributed by atoms with Crippen LogP contribution in [0.25, 0.3) is 0 Å². The lowest BCUT2D eigenvalue weighted by Gasteiger charge is -2.16. The molecule has 0 spiro atoms. The molecule has 0 bridgehead atoms. The zero-order chi connectivity index (χ0) is 11.4. The van der Waals surface area contributed by atoms with Crippen molar-refractivity contribution in [2.45, 2.75) is 26.4 Å². The highest BCUT2D eigenvalue weighted by atomic mass is 35.5. The number of benzene rings is 1. The van der Waals surface area contributed by atoms with Crippen LogP contribution < -0.4 is 4.74 Å². The van der Waals surface area contributed by atoms with E-state index >= 15 is 0 Å². The van der Waals surface area contributed by atoms with Crippen LogP contribution in [-0.2, 0) is 0 Å². The van der Waals surface area contributed by atoms with Crippen molar-refractivity contribution in [1.29, 1.82) is 0 Å². The minimum atomic E-state index is -0.489. The SMILES string of the molecule is COc1cc(Cl)ccc1C(O)CC(C)C. The van der Waals surface area contributed by atoms with Gasteiger partial charge in [0.25, 0.3) is 0 Å². The molecule has 0 aliphatic carbocycles. The van der Waals surface area contributed by atoms with Crippen LogP contribution in [0.4, 0.5) is 0 Å². The van der Waals surface area contributed by atoms with Gasteiger partial charge >= 0.3 is 0 Å². The van der Waals surface area contributed by atoms with E-state index in [2.05, 4.69) is 13.8 Å². The predicted octanol–water partition coefficient (Wildman–Crippen LogP) is 3.43. The van der Waals surface area contributed by atoms with Gasteiger partial charge in [-0.15, -0.1) is 0 Å². The Morgan fingerprint density at radius 3 is 2.60 bits per heavy atom. The molecular formula is C12H17ClO2. The van der Waals surface area contributed by atoms with E-state index in [0.717, 1.165) is 12.0 Å². The van der Waals surface area contributed by atoms with Gasteiger partial charge in [0.15, 0.2) is 0 Å². The Morgan fingerprint density at radius 2 is 2.07 bits per heavy atom. The van der Waals surface area contributed by atoms with Crippen molar-refractivity contribution < 1.29 is 9.84 Å². The lowest BCUT2D eigenvalue weighted by Crippen LogP contribution is -2.04. The summed E-state index contributed by atoms with van der Waals surface area (Å²) in [5.41, 5.74) is 0.801. The molecule has 1 rings (SSSR count). The Labute approximate surface area is 95.8 Å². The Kier molecular flexibility index (Phi) is 4.43. The van der Waals surface area contributed by atoms with Crippen LogP contribution in [0.5, 0.6) is 5.75 Å². The second kappa shape index (κ2) is 5.38. The number of ether oxygens (including phenoxy) is 1. The van der Waals surface area contributed by atoms with Crippen molar-refractivity contribution in [1.82, 2.24) is 0 Å². The third kappa shape index (κ3) is 3.40. The lowest BCUT2D eigenvalue weighted by molar-refractivity contribution is 0.147. The molecule has 84 valence electrons. The van der Waals surface area contributed by atoms with Crippen LogP contribution in [0.2, 0.25) is 5.02 Å². The zero-order valence-electron chi connectivity index (χ0n) is 9.33. The van der Waals surface area contributed by atoms with Crippen LogP contribution >= 0.6 is 11.6 Å². The van der Waals surface area contributed by atoms with E-state index in [1.54, 1.807) is 19.2 Å². The van der Waals surface area contributed by atoms with Crippen LogP contribution in [0.15, 0.2) is 18.2 Å². The van der Waals surface area contributed by atoms with Gasteiger partial charge in [0, 0.05) is 10.6 Å². The number of hydrogen-bond donors (Lipinski definition) is 1. The van der Waals surface area contributed by atoms with Crippen molar-refractivity contribution in [3.05, 3.63) is 28.8 Å². The van der Waals surface area contributed by atoms with Gasteiger partial charge in [-0.3, -0.25) is 0 Å². The third-order valence-corrected chi connectivity index (χ3v) is 2.48. The van der Waals surface area contributed by atoms with E-state index in [-0.39, 0.29) is 0 Å². The highest BCUT2D eigenvalue weighted by molar-refractivity contribution is 6.30. The van der Waals surface area contributed by atoms with Crippen molar-refractivity contribution in [2.75, 3.05) is 7.11 Å². The van der Waals surface area contributed by atoms with Crippen LogP contribution in [0.1, 0.15) is 31.9 Å². The molecule has 1 aromatic rings. The summed E-state index contributed by atoms with van der Waals surface area (Å²) >= 11 is 5.84. The van der Waals surface area contributed by atoms with Gasteiger partial charge in [-0.05, 0) is 24.5 Å². The average molecular weight is 229 g/mol. The maximum absolute atomic E-state index is 9.97. The first kappa shape index (κ1) is 12.3. The fourth-order valence-corrected chi connectivity index (χ4v) is 1.70. The molecule has 0 fully saturated rings. The number of aliphatic hydroxyl groups is 1. The molecule has 1 N–H and O–H groups in total. The van der Waals surface area contributed by atoms with E-state index in [4.69, 9.17) is 16.3 Å². The van der Waals surface area contributed by atoms with Crippen molar-refractivity contribution >= 4 is 11.6 Å². The van der Waals surface area contributed by atoms with Crippen molar-refractivity contribution in [3.8, 4) is 5.75 Å². The standard InChI is InChI=1S/C12H17ClO2/c1-8(2)6-11(14)10-5-4-9(13)7-12(10)15-3/h4-5,7-8,11,14H,6H2,1-3H3. The summed E-state index contributed by atoms with van der Waals surface area (Å²) in [4.78, 5) is 0. The Bertz CT molecular complexity index is 323. The fourth-order valence-electron chi connectivity index (χ4n) is 1.53. The minimum Gasteiger partial charge on any atom is -0.496 e. The maximum Gasteiger partial charge on any atom is 0.126 e. The number of aliphatic hydroxyl groups excluding tert-OH is 1. The zero-order valence-corrected chi connectivity index (χ0v) is 10.1. The maximum atomic E-state index is 9.97. The molecule has 0 aromatic heterocycles. The number of halogens is 1. The van der Waals surface area contributed by atoms with Crippen LogP contribution in [0.3, 0.4) is 0 Å². The molecule has 3 heteroatoms. The predicted molar refractivity (Wildman–Crippen MR) is 62.4 cm³/mol. The molecule has 0 saturated carbocycles. The monoisotopic (exact) mass is 228 g/mol. The molecule has 0 heterocycles. The number of hydrogen-bond acceptors (Lipinski definition) is 2. The van der Waals surface area contributed by atoms with E-state index in [1.807, 2.05) is 6.07 Å². The van der Waals surface area contributed by atoms with Crippen LogP contribution in [0, 0.1) is 5.92 Å². The normalized spacial score (nSPS) is 12.9. The highest BCUT2D eigenvalue weighted by Gasteiger charge is 2.14. The smallest absolute Gasteiger partial charge is 0.126 e. The fraction of sp³-hybridized carbons (Fsp3) is 0.500. The van der Waals surface area contributed by atoms with E-state index in [1.165, 1.54) is 0 Å². The third-order valence-electron chi connectivity index (χ3n) is 2.25. The molecule has 1 aromatic carbocycles. The quantitative estimate of drug-likeness (QED) is 0.856. The first-order valence-corrected chi connectivity index (χ1v) is 5.44. The molecule has 2 nitrogen and oxygen atoms in total. The summed E-state index contributed by atoms with van der Waals surface area (Å²) in [6, 6.07) is 5.30. The molecule has 0 radical (unpaired) electrons. The summed E-state index contributed by atoms with van der Waals surface area (Å²) in [7, 11) is 1.58. The summed E-state index contributed by atoms with van der Waals surface area (Å²) < 4.78 is 5.18. The molecule has 1 unspecified atom stereocenters. The summed E-state index contributed by atoms with van der Waals surface area (Å²) in [5, 5.41) is 10.6. The molecule has 1 atom stereocenters. The number of rotatable bonds is 4. The topological polar surface area (TPSA) is 29.5 Å². The Hall–Kier alpha value is -0.730. The second-order valence-electron chi connectivity index (χ2n) is 4.03. The Balaban J connectivity index is 2.92. The first-order valence-electron chi connectivity index (χ1n) is 5.06. The number of methoxy groups -OCH3 is 1. The lowest BCUT2D eigenvalue weighted by atomic mass is 9.99. The van der Waals surface area contributed by atoms with Gasteiger partial charge in [0.1, 0.15) is 5.75 Å². The van der Waals surface area contributed by atoms with Gasteiger partial charge < -0.3 is 9.84 Å². The van der Waals surface area contributed by atoms with Crippen LogP contribution in [-0.4, -0.2) is 12.2 Å². The molecule has 15 heavy (non-hydrogen) atoms. The molecule has 0 saturated heterocycles. The Morgan fingerprint density at radius 1 is 1.40 bits per heavy atom. The summed E-state index contributed by atoms with van der Waals surface area (Å²) in [6.07, 6.45) is 0.232. The summed E-state index contributed by atoms with van der Waals surface area (Å²) in [5.74, 6) is 1.09. The molecule has 0 amide bonds.